The van der Waals surface area contributed by atoms with Crippen LogP contribution in [-0.4, -0.2) is 30.4 Å². The van der Waals surface area contributed by atoms with Crippen LogP contribution < -0.4 is 5.73 Å². The third-order valence-electron chi connectivity index (χ3n) is 4.44. The molecule has 0 saturated heterocycles. The zero-order valence-electron chi connectivity index (χ0n) is 14.0. The predicted octanol–water partition coefficient (Wildman–Crippen LogP) is 3.28. The number of carbonyl (C=O) groups excluding carboxylic acids is 1. The Hall–Kier alpha value is -0.570. The third kappa shape index (κ3) is 6.42. The molecule has 0 bridgehead atoms. The fourth-order valence-electron chi connectivity index (χ4n) is 2.31. The molecule has 0 heterocycles. The Morgan fingerprint density at radius 2 is 1.68 bits per heavy atom. The molecule has 0 aromatic heterocycles. The van der Waals surface area contributed by atoms with Crippen molar-refractivity contribution < 1.29 is 4.79 Å². The second-order valence-corrected chi connectivity index (χ2v) is 7.17. The van der Waals surface area contributed by atoms with Crippen LogP contribution in [0.1, 0.15) is 60.8 Å². The van der Waals surface area contributed by atoms with Crippen LogP contribution in [0.4, 0.5) is 0 Å². The second-order valence-electron chi connectivity index (χ2n) is 7.17. The summed E-state index contributed by atoms with van der Waals surface area (Å²) in [6, 6.07) is 0.256. The van der Waals surface area contributed by atoms with E-state index in [-0.39, 0.29) is 17.4 Å². The SMILES string of the molecule is CC(C)C(CCN)CCC(=O)N(C)C(C)C(C)(C)C. The van der Waals surface area contributed by atoms with E-state index in [2.05, 4.69) is 41.5 Å². The summed E-state index contributed by atoms with van der Waals surface area (Å²) in [6.07, 6.45) is 2.61. The fraction of sp³-hybridized carbons (Fsp3) is 0.938. The molecule has 0 fully saturated rings. The van der Waals surface area contributed by atoms with E-state index in [1.54, 1.807) is 0 Å². The molecule has 3 nitrogen and oxygen atoms in total. The van der Waals surface area contributed by atoms with Gasteiger partial charge in [0.15, 0.2) is 0 Å². The van der Waals surface area contributed by atoms with Crippen LogP contribution in [0.5, 0.6) is 0 Å². The molecular formula is C16H34N2O. The molecule has 0 rings (SSSR count). The van der Waals surface area contributed by atoms with Gasteiger partial charge in [0.25, 0.3) is 0 Å². The Kier molecular flexibility index (Phi) is 7.65. The van der Waals surface area contributed by atoms with Crippen molar-refractivity contribution in [1.82, 2.24) is 4.90 Å². The van der Waals surface area contributed by atoms with Crippen LogP contribution in [0.2, 0.25) is 0 Å². The van der Waals surface area contributed by atoms with E-state index in [4.69, 9.17) is 5.73 Å². The smallest absolute Gasteiger partial charge is 0.222 e. The molecule has 0 aliphatic heterocycles. The molecule has 1 amide bonds. The van der Waals surface area contributed by atoms with Crippen molar-refractivity contribution in [3.8, 4) is 0 Å². The van der Waals surface area contributed by atoms with Gasteiger partial charge in [-0.15, -0.1) is 0 Å². The van der Waals surface area contributed by atoms with Gasteiger partial charge in [-0.05, 0) is 43.6 Å². The first-order valence-electron chi connectivity index (χ1n) is 7.57. The molecule has 0 aromatic carbocycles. The van der Waals surface area contributed by atoms with Crippen molar-refractivity contribution >= 4 is 5.91 Å². The maximum atomic E-state index is 12.3. The van der Waals surface area contributed by atoms with Crippen LogP contribution in [0.25, 0.3) is 0 Å². The summed E-state index contributed by atoms with van der Waals surface area (Å²) in [6.45, 7) is 13.8. The standard InChI is InChI=1S/C16H34N2O/c1-12(2)14(10-11-17)8-9-15(19)18(7)13(3)16(4,5)6/h12-14H,8-11,17H2,1-7H3. The molecule has 0 aliphatic carbocycles. The predicted molar refractivity (Wildman–Crippen MR) is 82.9 cm³/mol. The first kappa shape index (κ1) is 18.4. The zero-order chi connectivity index (χ0) is 15.2. The van der Waals surface area contributed by atoms with Crippen LogP contribution in [0.15, 0.2) is 0 Å². The van der Waals surface area contributed by atoms with Crippen molar-refractivity contribution in [3.05, 3.63) is 0 Å². The van der Waals surface area contributed by atoms with Crippen molar-refractivity contribution in [2.45, 2.75) is 66.8 Å². The van der Waals surface area contributed by atoms with Gasteiger partial charge in [-0.2, -0.15) is 0 Å². The van der Waals surface area contributed by atoms with Gasteiger partial charge in [-0.1, -0.05) is 34.6 Å². The van der Waals surface area contributed by atoms with Gasteiger partial charge in [-0.25, -0.2) is 0 Å². The van der Waals surface area contributed by atoms with Crippen LogP contribution in [-0.2, 0) is 4.79 Å². The maximum absolute atomic E-state index is 12.3. The Bertz CT molecular complexity index is 268. The number of hydrogen-bond donors (Lipinski definition) is 1. The lowest BCUT2D eigenvalue weighted by Gasteiger charge is -2.35. The molecule has 0 radical (unpaired) electrons. The highest BCUT2D eigenvalue weighted by molar-refractivity contribution is 5.76. The molecule has 0 spiro atoms. The normalized spacial score (nSPS) is 15.4. The van der Waals surface area contributed by atoms with Crippen molar-refractivity contribution in [2.75, 3.05) is 13.6 Å². The molecule has 2 atom stereocenters. The molecule has 0 aromatic rings. The number of amides is 1. The van der Waals surface area contributed by atoms with Crippen molar-refractivity contribution in [2.24, 2.45) is 23.0 Å². The van der Waals surface area contributed by atoms with Gasteiger partial charge in [0.2, 0.25) is 5.91 Å². The maximum Gasteiger partial charge on any atom is 0.222 e. The lowest BCUT2D eigenvalue weighted by Crippen LogP contribution is -2.43. The lowest BCUT2D eigenvalue weighted by molar-refractivity contribution is -0.134. The Morgan fingerprint density at radius 3 is 2.05 bits per heavy atom. The molecule has 3 heteroatoms. The van der Waals surface area contributed by atoms with E-state index < -0.39 is 0 Å². The summed E-state index contributed by atoms with van der Waals surface area (Å²) in [5.74, 6) is 1.42. The Labute approximate surface area is 119 Å². The van der Waals surface area contributed by atoms with E-state index in [1.807, 2.05) is 11.9 Å². The van der Waals surface area contributed by atoms with Gasteiger partial charge >= 0.3 is 0 Å². The van der Waals surface area contributed by atoms with Gasteiger partial charge in [0.05, 0.1) is 0 Å². The van der Waals surface area contributed by atoms with Gasteiger partial charge in [-0.3, -0.25) is 4.79 Å². The Morgan fingerprint density at radius 1 is 1.16 bits per heavy atom. The topological polar surface area (TPSA) is 46.3 Å². The zero-order valence-corrected chi connectivity index (χ0v) is 14.0. The summed E-state index contributed by atoms with van der Waals surface area (Å²) < 4.78 is 0. The fourth-order valence-corrected chi connectivity index (χ4v) is 2.31. The number of nitrogens with zero attached hydrogens (tertiary/aromatic N) is 1. The average Bonchev–Trinajstić information content (AvgIpc) is 2.30. The number of hydrogen-bond acceptors (Lipinski definition) is 2. The van der Waals surface area contributed by atoms with Gasteiger partial charge < -0.3 is 10.6 Å². The minimum atomic E-state index is 0.124. The van der Waals surface area contributed by atoms with E-state index in [9.17, 15) is 4.79 Å². The van der Waals surface area contributed by atoms with Crippen LogP contribution in [0, 0.1) is 17.3 Å². The Balaban J connectivity index is 4.37. The highest BCUT2D eigenvalue weighted by atomic mass is 16.2. The second kappa shape index (κ2) is 7.88. The van der Waals surface area contributed by atoms with Crippen LogP contribution in [0.3, 0.4) is 0 Å². The van der Waals surface area contributed by atoms with Crippen LogP contribution >= 0.6 is 0 Å². The minimum Gasteiger partial charge on any atom is -0.343 e. The van der Waals surface area contributed by atoms with E-state index in [0.717, 1.165) is 12.8 Å². The summed E-state index contributed by atoms with van der Waals surface area (Å²) in [5, 5.41) is 0. The largest absolute Gasteiger partial charge is 0.343 e. The van der Waals surface area contributed by atoms with Gasteiger partial charge in [0.1, 0.15) is 0 Å². The first-order chi connectivity index (χ1) is 8.61. The molecule has 19 heavy (non-hydrogen) atoms. The van der Waals surface area contributed by atoms with Crippen molar-refractivity contribution in [3.63, 3.8) is 0 Å². The summed E-state index contributed by atoms with van der Waals surface area (Å²) in [7, 11) is 1.92. The van der Waals surface area contributed by atoms with E-state index >= 15 is 0 Å². The third-order valence-corrected chi connectivity index (χ3v) is 4.44. The molecular weight excluding hydrogens is 236 g/mol. The highest BCUT2D eigenvalue weighted by Gasteiger charge is 2.27. The molecule has 2 unspecified atom stereocenters. The number of carbonyl (C=O) groups is 1. The lowest BCUT2D eigenvalue weighted by atomic mass is 9.86. The molecule has 0 aliphatic rings. The van der Waals surface area contributed by atoms with Gasteiger partial charge in [0, 0.05) is 19.5 Å². The summed E-state index contributed by atoms with van der Waals surface area (Å²) >= 11 is 0. The van der Waals surface area contributed by atoms with Crippen molar-refractivity contribution in [1.29, 1.82) is 0 Å². The molecule has 2 N–H and O–H groups in total. The number of rotatable bonds is 7. The van der Waals surface area contributed by atoms with E-state index in [1.165, 1.54) is 0 Å². The molecule has 114 valence electrons. The monoisotopic (exact) mass is 270 g/mol. The first-order valence-corrected chi connectivity index (χ1v) is 7.57. The quantitative estimate of drug-likeness (QED) is 0.771. The number of nitrogens with two attached hydrogens (primary N) is 1. The highest BCUT2D eigenvalue weighted by Crippen LogP contribution is 2.25. The summed E-state index contributed by atoms with van der Waals surface area (Å²) in [4.78, 5) is 14.2. The minimum absolute atomic E-state index is 0.124. The van der Waals surface area contributed by atoms with E-state index in [0.29, 0.717) is 24.8 Å². The average molecular weight is 270 g/mol. The summed E-state index contributed by atoms with van der Waals surface area (Å²) in [5.41, 5.74) is 5.77. The molecule has 0 saturated carbocycles.